The standard InChI is InChI=1S/C9H15NO4S/c11-9-10-8(5-14-9)4-7-2-1-3-15(12,13)6-7/h7-8H,1-6H2,(H,10,11). The third kappa shape index (κ3) is 2.84. The topological polar surface area (TPSA) is 72.5 Å². The monoisotopic (exact) mass is 233 g/mol. The smallest absolute Gasteiger partial charge is 0.407 e. The van der Waals surface area contributed by atoms with Crippen molar-refractivity contribution in [3.8, 4) is 0 Å². The number of hydrogen-bond donors (Lipinski definition) is 1. The Morgan fingerprint density at radius 2 is 2.27 bits per heavy atom. The maximum Gasteiger partial charge on any atom is 0.407 e. The molecule has 1 amide bonds. The van der Waals surface area contributed by atoms with Crippen molar-refractivity contribution in [3.63, 3.8) is 0 Å². The van der Waals surface area contributed by atoms with Crippen molar-refractivity contribution < 1.29 is 17.9 Å². The first-order valence-corrected chi connectivity index (χ1v) is 7.01. The molecule has 0 aromatic carbocycles. The molecule has 86 valence electrons. The Morgan fingerprint density at radius 3 is 2.87 bits per heavy atom. The number of nitrogens with one attached hydrogen (secondary N) is 1. The van der Waals surface area contributed by atoms with Gasteiger partial charge in [-0.1, -0.05) is 0 Å². The summed E-state index contributed by atoms with van der Waals surface area (Å²) in [6, 6.07) is -0.00389. The van der Waals surface area contributed by atoms with Crippen LogP contribution >= 0.6 is 0 Å². The minimum Gasteiger partial charge on any atom is -0.447 e. The molecule has 2 aliphatic rings. The van der Waals surface area contributed by atoms with Gasteiger partial charge in [0.1, 0.15) is 6.61 Å². The van der Waals surface area contributed by atoms with Crippen molar-refractivity contribution in [2.45, 2.75) is 25.3 Å². The Hall–Kier alpha value is -0.780. The van der Waals surface area contributed by atoms with Crippen molar-refractivity contribution in [2.24, 2.45) is 5.92 Å². The van der Waals surface area contributed by atoms with Gasteiger partial charge in [-0.3, -0.25) is 0 Å². The fraction of sp³-hybridized carbons (Fsp3) is 0.889. The van der Waals surface area contributed by atoms with Gasteiger partial charge < -0.3 is 10.1 Å². The minimum absolute atomic E-state index is 0.00389. The lowest BCUT2D eigenvalue weighted by Crippen LogP contribution is -2.33. The predicted octanol–water partition coefficient (Wildman–Crippen LogP) is 0.310. The summed E-state index contributed by atoms with van der Waals surface area (Å²) >= 11 is 0. The first kappa shape index (κ1) is 10.7. The van der Waals surface area contributed by atoms with Crippen molar-refractivity contribution in [1.82, 2.24) is 5.32 Å². The van der Waals surface area contributed by atoms with Crippen molar-refractivity contribution in [1.29, 1.82) is 0 Å². The zero-order valence-electron chi connectivity index (χ0n) is 8.44. The van der Waals surface area contributed by atoms with Gasteiger partial charge in [0.15, 0.2) is 9.84 Å². The molecule has 2 fully saturated rings. The van der Waals surface area contributed by atoms with Crippen LogP contribution in [0.15, 0.2) is 0 Å². The van der Waals surface area contributed by atoms with Crippen LogP contribution in [0.1, 0.15) is 19.3 Å². The Morgan fingerprint density at radius 1 is 1.47 bits per heavy atom. The van der Waals surface area contributed by atoms with Crippen LogP contribution in [0.5, 0.6) is 0 Å². The first-order valence-electron chi connectivity index (χ1n) is 5.19. The number of alkyl carbamates (subject to hydrolysis) is 1. The largest absolute Gasteiger partial charge is 0.447 e. The first-order chi connectivity index (χ1) is 7.05. The summed E-state index contributed by atoms with van der Waals surface area (Å²) in [5.74, 6) is 0.756. The maximum atomic E-state index is 11.4. The highest BCUT2D eigenvalue weighted by molar-refractivity contribution is 7.91. The van der Waals surface area contributed by atoms with Gasteiger partial charge in [0.05, 0.1) is 17.5 Å². The Kier molecular flexibility index (Phi) is 2.86. The fourth-order valence-electron chi connectivity index (χ4n) is 2.26. The van der Waals surface area contributed by atoms with Gasteiger partial charge in [0.25, 0.3) is 0 Å². The molecule has 0 bridgehead atoms. The number of cyclic esters (lactones) is 1. The van der Waals surface area contributed by atoms with Crippen LogP contribution in [-0.4, -0.2) is 38.7 Å². The highest BCUT2D eigenvalue weighted by Crippen LogP contribution is 2.23. The van der Waals surface area contributed by atoms with Gasteiger partial charge >= 0.3 is 6.09 Å². The number of ether oxygens (including phenoxy) is 1. The van der Waals surface area contributed by atoms with E-state index in [4.69, 9.17) is 4.74 Å². The number of rotatable bonds is 2. The molecule has 0 saturated carbocycles. The van der Waals surface area contributed by atoms with Gasteiger partial charge in [-0.05, 0) is 25.2 Å². The second-order valence-corrected chi connectivity index (χ2v) is 6.53. The Bertz CT molecular complexity index is 351. The van der Waals surface area contributed by atoms with Crippen LogP contribution in [0.4, 0.5) is 4.79 Å². The van der Waals surface area contributed by atoms with Crippen molar-refractivity contribution >= 4 is 15.9 Å². The van der Waals surface area contributed by atoms with Gasteiger partial charge in [-0.2, -0.15) is 0 Å². The molecule has 15 heavy (non-hydrogen) atoms. The normalized spacial score (nSPS) is 34.5. The molecule has 0 aliphatic carbocycles. The summed E-state index contributed by atoms with van der Waals surface area (Å²) in [6.45, 7) is 0.370. The zero-order chi connectivity index (χ0) is 10.9. The third-order valence-electron chi connectivity index (χ3n) is 2.91. The van der Waals surface area contributed by atoms with Crippen LogP contribution in [0, 0.1) is 5.92 Å². The van der Waals surface area contributed by atoms with Gasteiger partial charge in [0, 0.05) is 0 Å². The molecule has 2 unspecified atom stereocenters. The number of sulfone groups is 1. The molecule has 0 radical (unpaired) electrons. The quantitative estimate of drug-likeness (QED) is 0.745. The molecule has 5 nitrogen and oxygen atoms in total. The SMILES string of the molecule is O=C1NC(CC2CCCS(=O)(=O)C2)CO1. The molecule has 2 atom stereocenters. The van der Waals surface area contributed by atoms with Gasteiger partial charge in [-0.25, -0.2) is 13.2 Å². The van der Waals surface area contributed by atoms with Crippen LogP contribution < -0.4 is 5.32 Å². The third-order valence-corrected chi connectivity index (χ3v) is 4.80. The van der Waals surface area contributed by atoms with Crippen LogP contribution in [-0.2, 0) is 14.6 Å². The Balaban J connectivity index is 1.87. The molecule has 1 N–H and O–H groups in total. The molecular formula is C9H15NO4S. The van der Waals surface area contributed by atoms with E-state index in [0.29, 0.717) is 18.8 Å². The summed E-state index contributed by atoms with van der Waals surface area (Å²) in [5.41, 5.74) is 0. The molecule has 0 aromatic rings. The summed E-state index contributed by atoms with van der Waals surface area (Å²) in [4.78, 5) is 10.8. The van der Waals surface area contributed by atoms with E-state index in [0.717, 1.165) is 12.8 Å². The van der Waals surface area contributed by atoms with E-state index >= 15 is 0 Å². The van der Waals surface area contributed by atoms with Gasteiger partial charge in [0.2, 0.25) is 0 Å². The molecule has 2 saturated heterocycles. The second kappa shape index (κ2) is 4.00. The average Bonchev–Trinajstić information content (AvgIpc) is 2.49. The number of carbonyl (C=O) groups excluding carboxylic acids is 1. The van der Waals surface area contributed by atoms with Crippen LogP contribution in [0.25, 0.3) is 0 Å². The number of hydrogen-bond acceptors (Lipinski definition) is 4. The van der Waals surface area contributed by atoms with Crippen molar-refractivity contribution in [2.75, 3.05) is 18.1 Å². The van der Waals surface area contributed by atoms with E-state index in [-0.39, 0.29) is 17.7 Å². The summed E-state index contributed by atoms with van der Waals surface area (Å²) in [5, 5.41) is 2.67. The lowest BCUT2D eigenvalue weighted by molar-refractivity contribution is 0.176. The Labute approximate surface area is 89.1 Å². The zero-order valence-corrected chi connectivity index (χ0v) is 9.26. The molecule has 0 aromatic heterocycles. The molecule has 2 rings (SSSR count). The van der Waals surface area contributed by atoms with Crippen LogP contribution in [0.3, 0.4) is 0 Å². The highest BCUT2D eigenvalue weighted by Gasteiger charge is 2.30. The summed E-state index contributed by atoms with van der Waals surface area (Å²) < 4.78 is 27.5. The molecule has 0 spiro atoms. The number of carbonyl (C=O) groups is 1. The van der Waals surface area contributed by atoms with Crippen molar-refractivity contribution in [3.05, 3.63) is 0 Å². The van der Waals surface area contributed by atoms with Crippen LogP contribution in [0.2, 0.25) is 0 Å². The van der Waals surface area contributed by atoms with E-state index in [9.17, 15) is 13.2 Å². The number of amides is 1. The molecule has 2 aliphatic heterocycles. The lowest BCUT2D eigenvalue weighted by Gasteiger charge is -2.23. The summed E-state index contributed by atoms with van der Waals surface area (Å²) in [7, 11) is -2.84. The molecular weight excluding hydrogens is 218 g/mol. The van der Waals surface area contributed by atoms with Gasteiger partial charge in [-0.15, -0.1) is 0 Å². The predicted molar refractivity (Wildman–Crippen MR) is 54.3 cm³/mol. The fourth-order valence-corrected chi connectivity index (χ4v) is 4.05. The minimum atomic E-state index is -2.84. The van der Waals surface area contributed by atoms with E-state index in [2.05, 4.69) is 5.32 Å². The second-order valence-electron chi connectivity index (χ2n) is 4.30. The van der Waals surface area contributed by atoms with E-state index in [1.807, 2.05) is 0 Å². The maximum absolute atomic E-state index is 11.4. The van der Waals surface area contributed by atoms with E-state index < -0.39 is 15.9 Å². The summed E-state index contributed by atoms with van der Waals surface area (Å²) in [6.07, 6.45) is 2.00. The van der Waals surface area contributed by atoms with E-state index in [1.165, 1.54) is 0 Å². The molecule has 6 heteroatoms. The van der Waals surface area contributed by atoms with E-state index in [1.54, 1.807) is 0 Å². The highest BCUT2D eigenvalue weighted by atomic mass is 32.2. The lowest BCUT2D eigenvalue weighted by atomic mass is 9.97. The average molecular weight is 233 g/mol. The molecule has 2 heterocycles.